The largest absolute Gasteiger partial charge is 0.493 e. The molecular weight excluding hydrogens is 461 g/mol. The summed E-state index contributed by atoms with van der Waals surface area (Å²) in [5.41, 5.74) is 0.0532. The average molecular weight is 478 g/mol. The second-order valence-corrected chi connectivity index (χ2v) is 8.87. The normalized spacial score (nSPS) is 14.8. The van der Waals surface area contributed by atoms with Crippen molar-refractivity contribution in [2.75, 3.05) is 23.4 Å². The number of urea groups is 1. The van der Waals surface area contributed by atoms with E-state index >= 15 is 0 Å². The zero-order valence-corrected chi connectivity index (χ0v) is 18.5. The SMILES string of the molecule is COc1ccc(N2C(=O)N(Cc3c(F)cccc3Cl)c3ncccc3S2(=O)=O)cc1OC. The lowest BCUT2D eigenvalue weighted by Crippen LogP contribution is -2.51. The van der Waals surface area contributed by atoms with E-state index in [0.717, 1.165) is 4.90 Å². The number of ether oxygens (including phenoxy) is 2. The maximum Gasteiger partial charge on any atom is 0.344 e. The molecule has 0 aliphatic carbocycles. The van der Waals surface area contributed by atoms with Crippen molar-refractivity contribution in [3.63, 3.8) is 0 Å². The van der Waals surface area contributed by atoms with Gasteiger partial charge < -0.3 is 9.47 Å². The van der Waals surface area contributed by atoms with Crippen LogP contribution in [-0.2, 0) is 16.6 Å². The van der Waals surface area contributed by atoms with Crippen LogP contribution in [0.5, 0.6) is 11.5 Å². The summed E-state index contributed by atoms with van der Waals surface area (Å²) in [6.45, 7) is -0.326. The number of hydrogen-bond donors (Lipinski definition) is 0. The summed E-state index contributed by atoms with van der Waals surface area (Å²) in [5, 5.41) is 0.0985. The van der Waals surface area contributed by atoms with Crippen molar-refractivity contribution in [3.05, 3.63) is 71.1 Å². The maximum atomic E-state index is 14.5. The lowest BCUT2D eigenvalue weighted by Gasteiger charge is -2.35. The molecule has 166 valence electrons. The summed E-state index contributed by atoms with van der Waals surface area (Å²) in [4.78, 5) is 18.4. The van der Waals surface area contributed by atoms with Gasteiger partial charge in [-0.1, -0.05) is 17.7 Å². The molecule has 0 atom stereocenters. The minimum atomic E-state index is -4.32. The molecule has 0 spiro atoms. The zero-order chi connectivity index (χ0) is 23.0. The van der Waals surface area contributed by atoms with E-state index in [-0.39, 0.29) is 39.3 Å². The van der Waals surface area contributed by atoms with Gasteiger partial charge in [-0.3, -0.25) is 4.90 Å². The highest BCUT2D eigenvalue weighted by atomic mass is 35.5. The molecule has 0 bridgehead atoms. The number of rotatable bonds is 5. The van der Waals surface area contributed by atoms with Crippen LogP contribution >= 0.6 is 11.6 Å². The average Bonchev–Trinajstić information content (AvgIpc) is 2.78. The third-order valence-corrected chi connectivity index (χ3v) is 6.99. The summed E-state index contributed by atoms with van der Waals surface area (Å²) < 4.78 is 52.2. The highest BCUT2D eigenvalue weighted by molar-refractivity contribution is 7.94. The molecule has 1 aromatic heterocycles. The second-order valence-electron chi connectivity index (χ2n) is 6.70. The Balaban J connectivity index is 1.89. The van der Waals surface area contributed by atoms with Gasteiger partial charge in [-0.15, -0.1) is 0 Å². The Morgan fingerprint density at radius 1 is 1.06 bits per heavy atom. The molecule has 0 saturated carbocycles. The molecule has 2 heterocycles. The first-order valence-corrected chi connectivity index (χ1v) is 11.1. The number of fused-ring (bicyclic) bond motifs is 1. The van der Waals surface area contributed by atoms with E-state index < -0.39 is 21.9 Å². The maximum absolute atomic E-state index is 14.5. The lowest BCUT2D eigenvalue weighted by atomic mass is 10.2. The van der Waals surface area contributed by atoms with Crippen LogP contribution in [0.2, 0.25) is 5.02 Å². The standard InChI is InChI=1S/C21H17ClFN3O5S/c1-30-17-9-8-13(11-18(17)31-2)26-21(27)25(12-14-15(22)5-3-6-16(14)23)20-19(32(26,28)29)7-4-10-24-20/h3-11H,12H2,1-2H3. The Bertz CT molecular complexity index is 1300. The fraction of sp³-hybridized carbons (Fsp3) is 0.143. The van der Waals surface area contributed by atoms with Gasteiger partial charge in [0.05, 0.1) is 26.5 Å². The number of hydrogen-bond acceptors (Lipinski definition) is 6. The monoisotopic (exact) mass is 477 g/mol. The van der Waals surface area contributed by atoms with Crippen molar-refractivity contribution in [2.24, 2.45) is 0 Å². The van der Waals surface area contributed by atoms with Gasteiger partial charge >= 0.3 is 6.03 Å². The van der Waals surface area contributed by atoms with Crippen LogP contribution in [0.15, 0.2) is 59.6 Å². The molecule has 4 rings (SSSR count). The number of halogens is 2. The Morgan fingerprint density at radius 2 is 1.81 bits per heavy atom. The van der Waals surface area contributed by atoms with Crippen LogP contribution in [-0.4, -0.2) is 33.7 Å². The first kappa shape index (κ1) is 21.8. The molecule has 0 radical (unpaired) electrons. The van der Waals surface area contributed by atoms with E-state index in [1.807, 2.05) is 0 Å². The molecule has 2 aromatic carbocycles. The van der Waals surface area contributed by atoms with E-state index in [0.29, 0.717) is 10.1 Å². The number of sulfonamides is 1. The van der Waals surface area contributed by atoms with Gasteiger partial charge in [0.1, 0.15) is 10.7 Å². The van der Waals surface area contributed by atoms with Crippen molar-refractivity contribution in [2.45, 2.75) is 11.4 Å². The number of carbonyl (C=O) groups excluding carboxylic acids is 1. The van der Waals surface area contributed by atoms with Crippen LogP contribution in [0, 0.1) is 5.82 Å². The van der Waals surface area contributed by atoms with Crippen LogP contribution in [0.25, 0.3) is 0 Å². The van der Waals surface area contributed by atoms with Crippen LogP contribution in [0.3, 0.4) is 0 Å². The van der Waals surface area contributed by atoms with Crippen molar-refractivity contribution >= 4 is 39.2 Å². The molecular formula is C21H17ClFN3O5S. The van der Waals surface area contributed by atoms with Gasteiger partial charge in [0.2, 0.25) is 0 Å². The van der Waals surface area contributed by atoms with Crippen molar-refractivity contribution in [1.82, 2.24) is 4.98 Å². The summed E-state index contributed by atoms with van der Waals surface area (Å²) in [5.74, 6) is -0.161. The van der Waals surface area contributed by atoms with Gasteiger partial charge in [-0.05, 0) is 36.4 Å². The number of aromatic nitrogens is 1. The van der Waals surface area contributed by atoms with E-state index in [4.69, 9.17) is 21.1 Å². The molecule has 2 amide bonds. The Morgan fingerprint density at radius 3 is 2.50 bits per heavy atom. The first-order chi connectivity index (χ1) is 15.3. The van der Waals surface area contributed by atoms with Gasteiger partial charge in [-0.2, -0.15) is 4.31 Å². The highest BCUT2D eigenvalue weighted by Gasteiger charge is 2.44. The van der Waals surface area contributed by atoms with Crippen molar-refractivity contribution in [1.29, 1.82) is 0 Å². The number of pyridine rings is 1. The number of methoxy groups -OCH3 is 2. The number of amides is 2. The smallest absolute Gasteiger partial charge is 0.344 e. The molecule has 32 heavy (non-hydrogen) atoms. The molecule has 0 fully saturated rings. The quantitative estimate of drug-likeness (QED) is 0.546. The first-order valence-electron chi connectivity index (χ1n) is 9.26. The highest BCUT2D eigenvalue weighted by Crippen LogP contribution is 2.40. The fourth-order valence-corrected chi connectivity index (χ4v) is 5.13. The van der Waals surface area contributed by atoms with E-state index in [1.54, 1.807) is 0 Å². The predicted octanol–water partition coefficient (Wildman–Crippen LogP) is 4.23. The van der Waals surface area contributed by atoms with E-state index in [1.165, 1.54) is 68.9 Å². The summed E-state index contributed by atoms with van der Waals surface area (Å²) in [6.07, 6.45) is 1.35. The Labute approximate surface area is 188 Å². The lowest BCUT2D eigenvalue weighted by molar-refractivity contribution is 0.253. The third-order valence-electron chi connectivity index (χ3n) is 4.91. The van der Waals surface area contributed by atoms with Crippen LogP contribution < -0.4 is 18.7 Å². The predicted molar refractivity (Wildman–Crippen MR) is 116 cm³/mol. The zero-order valence-electron chi connectivity index (χ0n) is 17.0. The molecule has 1 aliphatic rings. The van der Waals surface area contributed by atoms with E-state index in [9.17, 15) is 17.6 Å². The Kier molecular flexibility index (Phi) is 5.66. The molecule has 0 unspecified atom stereocenters. The number of nitrogens with zero attached hydrogens (tertiary/aromatic N) is 3. The van der Waals surface area contributed by atoms with Crippen LogP contribution in [0.1, 0.15) is 5.56 Å². The van der Waals surface area contributed by atoms with Crippen molar-refractivity contribution < 1.29 is 27.1 Å². The minimum absolute atomic E-state index is 0.0202. The molecule has 8 nitrogen and oxygen atoms in total. The fourth-order valence-electron chi connectivity index (χ4n) is 3.37. The van der Waals surface area contributed by atoms with Gasteiger partial charge in [0.15, 0.2) is 17.3 Å². The van der Waals surface area contributed by atoms with Gasteiger partial charge in [-0.25, -0.2) is 22.6 Å². The molecule has 1 aliphatic heterocycles. The summed E-state index contributed by atoms with van der Waals surface area (Å²) >= 11 is 6.15. The molecule has 0 saturated heterocycles. The molecule has 0 N–H and O–H groups in total. The van der Waals surface area contributed by atoms with Gasteiger partial charge in [0.25, 0.3) is 10.0 Å². The Hall–Kier alpha value is -3.37. The van der Waals surface area contributed by atoms with E-state index in [2.05, 4.69) is 4.98 Å². The molecule has 11 heteroatoms. The number of carbonyl (C=O) groups is 1. The van der Waals surface area contributed by atoms with Crippen molar-refractivity contribution in [3.8, 4) is 11.5 Å². The second kappa shape index (κ2) is 8.29. The van der Waals surface area contributed by atoms with Crippen LogP contribution in [0.4, 0.5) is 20.7 Å². The summed E-state index contributed by atoms with van der Waals surface area (Å²) in [6, 6.07) is 10.2. The molecule has 3 aromatic rings. The third kappa shape index (κ3) is 3.51. The minimum Gasteiger partial charge on any atom is -0.493 e. The van der Waals surface area contributed by atoms with Gasteiger partial charge in [0, 0.05) is 22.8 Å². The number of anilines is 2. The number of benzene rings is 2. The topological polar surface area (TPSA) is 89.0 Å². The summed E-state index contributed by atoms with van der Waals surface area (Å²) in [7, 11) is -1.50.